The van der Waals surface area contributed by atoms with Gasteiger partial charge in [-0.3, -0.25) is 9.59 Å². The maximum absolute atomic E-state index is 11.8. The van der Waals surface area contributed by atoms with Crippen LogP contribution in [0, 0.1) is 0 Å². The van der Waals surface area contributed by atoms with Crippen molar-refractivity contribution >= 4 is 40.9 Å². The largest absolute Gasteiger partial charge is 0.355 e. The van der Waals surface area contributed by atoms with Crippen molar-refractivity contribution < 1.29 is 4.79 Å². The molecular formula is C17H18Cl2N2O2S. The van der Waals surface area contributed by atoms with E-state index in [0.29, 0.717) is 23.1 Å². The molecule has 0 saturated carbocycles. The molecule has 0 atom stereocenters. The van der Waals surface area contributed by atoms with Crippen LogP contribution in [0.3, 0.4) is 0 Å². The van der Waals surface area contributed by atoms with Gasteiger partial charge in [-0.05, 0) is 37.1 Å². The van der Waals surface area contributed by atoms with Crippen molar-refractivity contribution in [2.45, 2.75) is 24.3 Å². The van der Waals surface area contributed by atoms with Gasteiger partial charge in [0.05, 0.1) is 10.8 Å². The Morgan fingerprint density at radius 3 is 2.79 bits per heavy atom. The van der Waals surface area contributed by atoms with Crippen molar-refractivity contribution in [2.24, 2.45) is 0 Å². The Labute approximate surface area is 155 Å². The van der Waals surface area contributed by atoms with Crippen molar-refractivity contribution in [1.29, 1.82) is 0 Å². The van der Waals surface area contributed by atoms with E-state index in [-0.39, 0.29) is 17.2 Å². The van der Waals surface area contributed by atoms with Crippen molar-refractivity contribution in [1.82, 2.24) is 9.88 Å². The van der Waals surface area contributed by atoms with Gasteiger partial charge in [0.15, 0.2) is 0 Å². The summed E-state index contributed by atoms with van der Waals surface area (Å²) in [5, 5.41) is 4.05. The number of nitrogens with one attached hydrogen (secondary N) is 1. The van der Waals surface area contributed by atoms with Gasteiger partial charge in [-0.25, -0.2) is 0 Å². The van der Waals surface area contributed by atoms with Crippen LogP contribution in [0.5, 0.6) is 0 Å². The number of unbranched alkanes of at least 4 members (excludes halogenated alkanes) is 1. The highest BCUT2D eigenvalue weighted by Gasteiger charge is 2.06. The summed E-state index contributed by atoms with van der Waals surface area (Å²) in [7, 11) is 0. The van der Waals surface area contributed by atoms with E-state index < -0.39 is 0 Å². The third-order valence-electron chi connectivity index (χ3n) is 3.30. The van der Waals surface area contributed by atoms with Crippen LogP contribution in [0.25, 0.3) is 0 Å². The first kappa shape index (κ1) is 18.9. The van der Waals surface area contributed by atoms with Crippen molar-refractivity contribution in [2.75, 3.05) is 12.3 Å². The SMILES string of the molecule is O=C(CSc1cc(Cl)ccc1Cl)NCCCCn1ccccc1=O. The standard InChI is InChI=1S/C17H18Cl2N2O2S/c18-13-6-7-14(19)15(11-13)24-12-16(22)20-8-2-4-10-21-9-3-1-5-17(21)23/h1,3,5-7,9,11H,2,4,8,10,12H2,(H,20,22). The number of thioether (sulfide) groups is 1. The Balaban J connectivity index is 1.64. The van der Waals surface area contributed by atoms with Gasteiger partial charge in [0.1, 0.15) is 0 Å². The van der Waals surface area contributed by atoms with E-state index >= 15 is 0 Å². The molecule has 0 fully saturated rings. The molecule has 24 heavy (non-hydrogen) atoms. The number of pyridine rings is 1. The van der Waals surface area contributed by atoms with Crippen molar-refractivity contribution in [3.05, 3.63) is 63.0 Å². The lowest BCUT2D eigenvalue weighted by Crippen LogP contribution is -2.26. The fraction of sp³-hybridized carbons (Fsp3) is 0.294. The van der Waals surface area contributed by atoms with Crippen molar-refractivity contribution in [3.63, 3.8) is 0 Å². The van der Waals surface area contributed by atoms with Gasteiger partial charge < -0.3 is 9.88 Å². The van der Waals surface area contributed by atoms with Crippen LogP contribution >= 0.6 is 35.0 Å². The molecule has 0 unspecified atom stereocenters. The number of hydrogen-bond donors (Lipinski definition) is 1. The topological polar surface area (TPSA) is 51.1 Å². The smallest absolute Gasteiger partial charge is 0.250 e. The molecule has 0 spiro atoms. The predicted molar refractivity (Wildman–Crippen MR) is 100 cm³/mol. The zero-order valence-electron chi connectivity index (χ0n) is 13.0. The summed E-state index contributed by atoms with van der Waals surface area (Å²) in [5.74, 6) is 0.242. The molecule has 1 heterocycles. The molecule has 2 rings (SSSR count). The number of benzene rings is 1. The van der Waals surface area contributed by atoms with Crippen LogP contribution in [0.1, 0.15) is 12.8 Å². The molecule has 0 aliphatic rings. The lowest BCUT2D eigenvalue weighted by molar-refractivity contribution is -0.118. The van der Waals surface area contributed by atoms with Crippen LogP contribution in [0.15, 0.2) is 52.3 Å². The van der Waals surface area contributed by atoms with Gasteiger partial charge in [0, 0.05) is 35.3 Å². The average molecular weight is 385 g/mol. The highest BCUT2D eigenvalue weighted by atomic mass is 35.5. The van der Waals surface area contributed by atoms with Crippen LogP contribution in [0.2, 0.25) is 10.0 Å². The Hall–Kier alpha value is -1.43. The van der Waals surface area contributed by atoms with E-state index in [1.807, 2.05) is 6.07 Å². The molecule has 1 aromatic heterocycles. The van der Waals surface area contributed by atoms with Gasteiger partial charge >= 0.3 is 0 Å². The maximum Gasteiger partial charge on any atom is 0.250 e. The van der Waals surface area contributed by atoms with Gasteiger partial charge in [0.2, 0.25) is 11.5 Å². The Kier molecular flexibility index (Phi) is 7.69. The Morgan fingerprint density at radius 1 is 1.17 bits per heavy atom. The number of aromatic nitrogens is 1. The second-order valence-electron chi connectivity index (χ2n) is 5.15. The molecule has 2 aromatic rings. The minimum absolute atomic E-state index is 0.00339. The summed E-state index contributed by atoms with van der Waals surface area (Å²) in [5.41, 5.74) is -0.00339. The van der Waals surface area contributed by atoms with E-state index in [0.717, 1.165) is 17.7 Å². The fourth-order valence-electron chi connectivity index (χ4n) is 2.06. The maximum atomic E-state index is 11.8. The van der Waals surface area contributed by atoms with E-state index in [1.165, 1.54) is 11.8 Å². The first-order valence-corrected chi connectivity index (χ1v) is 9.30. The van der Waals surface area contributed by atoms with E-state index in [2.05, 4.69) is 5.32 Å². The van der Waals surface area contributed by atoms with Gasteiger partial charge in [-0.1, -0.05) is 29.3 Å². The summed E-state index contributed by atoms with van der Waals surface area (Å²) in [6, 6.07) is 10.3. The summed E-state index contributed by atoms with van der Waals surface area (Å²) >= 11 is 13.3. The predicted octanol–water partition coefficient (Wildman–Crippen LogP) is 3.84. The zero-order valence-corrected chi connectivity index (χ0v) is 15.3. The van der Waals surface area contributed by atoms with E-state index in [4.69, 9.17) is 23.2 Å². The molecular weight excluding hydrogens is 367 g/mol. The first-order chi connectivity index (χ1) is 11.6. The van der Waals surface area contributed by atoms with Gasteiger partial charge in [-0.15, -0.1) is 11.8 Å². The third kappa shape index (κ3) is 6.23. The Bertz CT molecular complexity index is 749. The quantitative estimate of drug-likeness (QED) is 0.555. The number of aryl methyl sites for hydroxylation is 1. The lowest BCUT2D eigenvalue weighted by Gasteiger charge is -2.07. The van der Waals surface area contributed by atoms with Gasteiger partial charge in [-0.2, -0.15) is 0 Å². The Morgan fingerprint density at radius 2 is 2.00 bits per heavy atom. The minimum atomic E-state index is -0.0482. The molecule has 0 aliphatic heterocycles. The van der Waals surface area contributed by atoms with Crippen molar-refractivity contribution in [3.8, 4) is 0 Å². The normalized spacial score (nSPS) is 10.6. The van der Waals surface area contributed by atoms with Crippen LogP contribution in [0.4, 0.5) is 0 Å². The summed E-state index contributed by atoms with van der Waals surface area (Å²) in [4.78, 5) is 24.2. The number of rotatable bonds is 8. The molecule has 0 saturated heterocycles. The molecule has 1 aromatic carbocycles. The number of nitrogens with zero attached hydrogens (tertiary/aromatic N) is 1. The fourth-order valence-corrected chi connectivity index (χ4v) is 3.39. The molecule has 7 heteroatoms. The van der Waals surface area contributed by atoms with E-state index in [9.17, 15) is 9.59 Å². The third-order valence-corrected chi connectivity index (χ3v) is 5.03. The number of halogens is 2. The lowest BCUT2D eigenvalue weighted by atomic mass is 10.3. The highest BCUT2D eigenvalue weighted by Crippen LogP contribution is 2.29. The number of amides is 1. The molecule has 0 aliphatic carbocycles. The average Bonchev–Trinajstić information content (AvgIpc) is 2.57. The highest BCUT2D eigenvalue weighted by molar-refractivity contribution is 8.00. The first-order valence-electron chi connectivity index (χ1n) is 7.56. The zero-order chi connectivity index (χ0) is 17.4. The second-order valence-corrected chi connectivity index (χ2v) is 7.01. The molecule has 128 valence electrons. The number of carbonyl (C=O) groups is 1. The summed E-state index contributed by atoms with van der Waals surface area (Å²) in [6.45, 7) is 1.24. The van der Waals surface area contributed by atoms with Gasteiger partial charge in [0.25, 0.3) is 0 Å². The number of carbonyl (C=O) groups excluding carboxylic acids is 1. The molecule has 1 N–H and O–H groups in total. The van der Waals surface area contributed by atoms with Crippen LogP contribution < -0.4 is 10.9 Å². The van der Waals surface area contributed by atoms with E-state index in [1.54, 1.807) is 41.1 Å². The summed E-state index contributed by atoms with van der Waals surface area (Å²) < 4.78 is 1.67. The monoisotopic (exact) mass is 384 g/mol. The minimum Gasteiger partial charge on any atom is -0.355 e. The number of hydrogen-bond acceptors (Lipinski definition) is 3. The molecule has 4 nitrogen and oxygen atoms in total. The molecule has 0 bridgehead atoms. The summed E-state index contributed by atoms with van der Waals surface area (Å²) in [6.07, 6.45) is 3.42. The second kappa shape index (κ2) is 9.77. The van der Waals surface area contributed by atoms with Crippen LogP contribution in [-0.2, 0) is 11.3 Å². The molecule has 0 radical (unpaired) electrons. The van der Waals surface area contributed by atoms with Crippen LogP contribution in [-0.4, -0.2) is 22.8 Å². The molecule has 1 amide bonds.